The van der Waals surface area contributed by atoms with Gasteiger partial charge in [0.05, 0.1) is 13.1 Å². The van der Waals surface area contributed by atoms with Gasteiger partial charge in [0.1, 0.15) is 0 Å². The minimum Gasteiger partial charge on any atom is -0.505 e. The van der Waals surface area contributed by atoms with Crippen molar-refractivity contribution >= 4 is 11.9 Å². The summed E-state index contributed by atoms with van der Waals surface area (Å²) in [6.07, 6.45) is 0. The minimum absolute atomic E-state index is 0.0903. The summed E-state index contributed by atoms with van der Waals surface area (Å²) in [5.41, 5.74) is 0.328. The van der Waals surface area contributed by atoms with Crippen molar-refractivity contribution in [1.29, 1.82) is 0 Å². The number of nitrogens with one attached hydrogen (secondary N) is 3. The lowest BCUT2D eigenvalue weighted by atomic mass is 10.1. The van der Waals surface area contributed by atoms with Gasteiger partial charge in [0.15, 0.2) is 17.5 Å². The Morgan fingerprint density at radius 3 is 2.57 bits per heavy atom. The fourth-order valence-corrected chi connectivity index (χ4v) is 1.79. The first-order valence-electron chi connectivity index (χ1n) is 7.52. The molecular weight excluding hydrogens is 299 g/mol. The van der Waals surface area contributed by atoms with Gasteiger partial charge in [-0.15, -0.1) is 0 Å². The zero-order valence-corrected chi connectivity index (χ0v) is 14.0. The van der Waals surface area contributed by atoms with Crippen molar-refractivity contribution in [3.63, 3.8) is 0 Å². The smallest absolute Gasteiger partial charge is 0.239 e. The molecule has 0 atom stereocenters. The molecule has 0 saturated heterocycles. The lowest BCUT2D eigenvalue weighted by molar-refractivity contribution is -0.121. The molecular formula is C16H25FN4O2. The summed E-state index contributed by atoms with van der Waals surface area (Å²) in [6.45, 7) is 8.58. The van der Waals surface area contributed by atoms with Crippen molar-refractivity contribution in [3.8, 4) is 5.75 Å². The third-order valence-corrected chi connectivity index (χ3v) is 2.71. The number of aromatic hydroxyl groups is 1. The summed E-state index contributed by atoms with van der Waals surface area (Å²) in [5, 5.41) is 17.9. The fourth-order valence-electron chi connectivity index (χ4n) is 1.79. The molecule has 0 aliphatic carbocycles. The van der Waals surface area contributed by atoms with Crippen LogP contribution >= 0.6 is 0 Å². The van der Waals surface area contributed by atoms with E-state index in [1.54, 1.807) is 6.07 Å². The number of carbonyl (C=O) groups excluding carboxylic acids is 1. The topological polar surface area (TPSA) is 85.8 Å². The van der Waals surface area contributed by atoms with Crippen LogP contribution in [0, 0.1) is 5.82 Å². The number of guanidine groups is 1. The molecule has 128 valence electrons. The number of nitrogens with zero attached hydrogens (tertiary/aromatic N) is 1. The van der Waals surface area contributed by atoms with Gasteiger partial charge in [0.25, 0.3) is 0 Å². The molecule has 0 aliphatic heterocycles. The number of amides is 1. The van der Waals surface area contributed by atoms with E-state index in [0.717, 1.165) is 0 Å². The third kappa shape index (κ3) is 7.49. The molecule has 0 aliphatic rings. The van der Waals surface area contributed by atoms with Crippen LogP contribution < -0.4 is 16.0 Å². The van der Waals surface area contributed by atoms with Crippen molar-refractivity contribution in [2.75, 3.05) is 13.1 Å². The second-order valence-electron chi connectivity index (χ2n) is 6.13. The summed E-state index contributed by atoms with van der Waals surface area (Å²) in [6, 6.07) is 4.11. The molecule has 1 rings (SSSR count). The number of hydrogen-bond acceptors (Lipinski definition) is 3. The Labute approximate surface area is 136 Å². The molecule has 6 nitrogen and oxygen atoms in total. The molecule has 0 unspecified atom stereocenters. The summed E-state index contributed by atoms with van der Waals surface area (Å²) in [7, 11) is 0. The van der Waals surface area contributed by atoms with Crippen LogP contribution in [0.1, 0.15) is 33.3 Å². The van der Waals surface area contributed by atoms with Crippen LogP contribution in [0.2, 0.25) is 0 Å². The van der Waals surface area contributed by atoms with Crippen LogP contribution in [-0.2, 0) is 11.3 Å². The van der Waals surface area contributed by atoms with Crippen LogP contribution in [0.4, 0.5) is 4.39 Å². The molecule has 1 aromatic rings. The SMILES string of the molecule is CCNC(=NCc1ccc(O)c(F)c1)NCC(=O)NC(C)(C)C. The Hall–Kier alpha value is -2.31. The largest absolute Gasteiger partial charge is 0.505 e. The highest BCUT2D eigenvalue weighted by Crippen LogP contribution is 2.16. The molecule has 0 spiro atoms. The second kappa shape index (κ2) is 8.36. The molecule has 7 heteroatoms. The summed E-state index contributed by atoms with van der Waals surface area (Å²) in [5.74, 6) is -0.745. The maximum absolute atomic E-state index is 13.3. The van der Waals surface area contributed by atoms with Crippen LogP contribution in [-0.4, -0.2) is 35.6 Å². The molecule has 4 N–H and O–H groups in total. The lowest BCUT2D eigenvalue weighted by Gasteiger charge is -2.21. The van der Waals surface area contributed by atoms with E-state index < -0.39 is 5.82 Å². The summed E-state index contributed by atoms with van der Waals surface area (Å²) in [4.78, 5) is 16.1. The zero-order valence-electron chi connectivity index (χ0n) is 14.0. The molecule has 1 amide bonds. The summed E-state index contributed by atoms with van der Waals surface area (Å²) >= 11 is 0. The average Bonchev–Trinajstić information content (AvgIpc) is 2.43. The Bertz CT molecular complexity index is 568. The normalized spacial score (nSPS) is 12.0. The van der Waals surface area contributed by atoms with Crippen molar-refractivity contribution in [3.05, 3.63) is 29.6 Å². The van der Waals surface area contributed by atoms with Gasteiger partial charge < -0.3 is 21.1 Å². The van der Waals surface area contributed by atoms with Crippen molar-refractivity contribution in [2.45, 2.75) is 39.8 Å². The van der Waals surface area contributed by atoms with Gasteiger partial charge in [0, 0.05) is 12.1 Å². The highest BCUT2D eigenvalue weighted by atomic mass is 19.1. The van der Waals surface area contributed by atoms with Crippen molar-refractivity contribution in [2.24, 2.45) is 4.99 Å². The van der Waals surface area contributed by atoms with Gasteiger partial charge in [-0.1, -0.05) is 6.07 Å². The molecule has 0 radical (unpaired) electrons. The van der Waals surface area contributed by atoms with E-state index in [1.807, 2.05) is 27.7 Å². The highest BCUT2D eigenvalue weighted by Gasteiger charge is 2.13. The molecule has 0 aromatic heterocycles. The number of carbonyl (C=O) groups is 1. The van der Waals surface area contributed by atoms with E-state index in [4.69, 9.17) is 5.11 Å². The molecule has 23 heavy (non-hydrogen) atoms. The highest BCUT2D eigenvalue weighted by molar-refractivity contribution is 5.86. The van der Waals surface area contributed by atoms with Gasteiger partial charge >= 0.3 is 0 Å². The Kier molecular flexibility index (Phi) is 6.81. The van der Waals surface area contributed by atoms with Crippen molar-refractivity contribution in [1.82, 2.24) is 16.0 Å². The summed E-state index contributed by atoms with van der Waals surface area (Å²) < 4.78 is 13.3. The molecule has 0 bridgehead atoms. The molecule has 0 heterocycles. The Morgan fingerprint density at radius 2 is 2.00 bits per heavy atom. The predicted molar refractivity (Wildman–Crippen MR) is 88.8 cm³/mol. The Morgan fingerprint density at radius 1 is 1.30 bits per heavy atom. The minimum atomic E-state index is -0.680. The number of phenolic OH excluding ortho intramolecular Hbond substituents is 1. The first kappa shape index (κ1) is 18.7. The van der Waals surface area contributed by atoms with Gasteiger partial charge in [0.2, 0.25) is 5.91 Å². The Balaban J connectivity index is 2.62. The van der Waals surface area contributed by atoms with Crippen LogP contribution in [0.5, 0.6) is 5.75 Å². The molecule has 1 aromatic carbocycles. The second-order valence-corrected chi connectivity index (χ2v) is 6.13. The van der Waals surface area contributed by atoms with E-state index in [9.17, 15) is 9.18 Å². The van der Waals surface area contributed by atoms with E-state index in [1.165, 1.54) is 12.1 Å². The standard InChI is InChI=1S/C16H25FN4O2/c1-5-18-15(20-10-14(23)21-16(2,3)4)19-9-11-6-7-13(22)12(17)8-11/h6-8,22H,5,9-10H2,1-4H3,(H,21,23)(H2,18,19,20). The number of hydrogen-bond donors (Lipinski definition) is 4. The van der Waals surface area contributed by atoms with Gasteiger partial charge in [-0.25, -0.2) is 9.38 Å². The lowest BCUT2D eigenvalue weighted by Crippen LogP contribution is -2.48. The number of rotatable bonds is 5. The average molecular weight is 324 g/mol. The van der Waals surface area contributed by atoms with E-state index in [0.29, 0.717) is 18.1 Å². The monoisotopic (exact) mass is 324 g/mol. The number of phenols is 1. The molecule has 0 saturated carbocycles. The molecule has 0 fully saturated rings. The first-order valence-corrected chi connectivity index (χ1v) is 7.52. The van der Waals surface area contributed by atoms with Crippen molar-refractivity contribution < 1.29 is 14.3 Å². The van der Waals surface area contributed by atoms with Crippen LogP contribution in [0.25, 0.3) is 0 Å². The predicted octanol–water partition coefficient (Wildman–Crippen LogP) is 1.50. The van der Waals surface area contributed by atoms with E-state index >= 15 is 0 Å². The van der Waals surface area contributed by atoms with Crippen LogP contribution in [0.3, 0.4) is 0 Å². The van der Waals surface area contributed by atoms with Gasteiger partial charge in [-0.2, -0.15) is 0 Å². The number of halogens is 1. The number of benzene rings is 1. The van der Waals surface area contributed by atoms with Gasteiger partial charge in [-0.3, -0.25) is 4.79 Å². The quantitative estimate of drug-likeness (QED) is 0.488. The third-order valence-electron chi connectivity index (χ3n) is 2.71. The van der Waals surface area contributed by atoms with E-state index in [-0.39, 0.29) is 30.3 Å². The maximum atomic E-state index is 13.3. The first-order chi connectivity index (χ1) is 10.7. The van der Waals surface area contributed by atoms with Gasteiger partial charge in [-0.05, 0) is 45.4 Å². The van der Waals surface area contributed by atoms with E-state index in [2.05, 4.69) is 20.9 Å². The number of aliphatic imine (C=N–C) groups is 1. The maximum Gasteiger partial charge on any atom is 0.239 e. The van der Waals surface area contributed by atoms with Crippen LogP contribution in [0.15, 0.2) is 23.2 Å². The zero-order chi connectivity index (χ0) is 17.5. The fraction of sp³-hybridized carbons (Fsp3) is 0.500.